The number of aromatic nitrogens is 4. The topological polar surface area (TPSA) is 109 Å². The molecule has 0 spiro atoms. The smallest absolute Gasteiger partial charge is 0.247 e. The van der Waals surface area contributed by atoms with Crippen LogP contribution in [0.2, 0.25) is 5.02 Å². The Morgan fingerprint density at radius 3 is 2.69 bits per heavy atom. The molecule has 0 aliphatic heterocycles. The first-order chi connectivity index (χ1) is 15.4. The molecule has 32 heavy (non-hydrogen) atoms. The number of anilines is 3. The number of benzene rings is 1. The molecule has 4 saturated carbocycles. The Kier molecular flexibility index (Phi) is 4.62. The summed E-state index contributed by atoms with van der Waals surface area (Å²) in [5.41, 5.74) is 1.16. The molecule has 4 bridgehead atoms. The van der Waals surface area contributed by atoms with Gasteiger partial charge in [-0.05, 0) is 68.1 Å². The minimum absolute atomic E-state index is 0.288. The van der Waals surface area contributed by atoms with Gasteiger partial charge >= 0.3 is 0 Å². The van der Waals surface area contributed by atoms with Crippen molar-refractivity contribution in [3.05, 3.63) is 41.4 Å². The first kappa shape index (κ1) is 19.9. The van der Waals surface area contributed by atoms with Gasteiger partial charge in [0.2, 0.25) is 17.7 Å². The summed E-state index contributed by atoms with van der Waals surface area (Å²) in [5.74, 6) is 3.66. The van der Waals surface area contributed by atoms with Crippen molar-refractivity contribution >= 4 is 29.1 Å². The van der Waals surface area contributed by atoms with E-state index in [1.54, 1.807) is 13.1 Å². The molecule has 2 atom stereocenters. The van der Waals surface area contributed by atoms with Crippen LogP contribution in [0.15, 0.2) is 34.9 Å². The second-order valence-corrected chi connectivity index (χ2v) is 9.99. The van der Waals surface area contributed by atoms with Crippen molar-refractivity contribution in [2.75, 3.05) is 10.6 Å². The summed E-state index contributed by atoms with van der Waals surface area (Å²) >= 11 is 6.46. The second-order valence-electron chi connectivity index (χ2n) is 9.59. The lowest BCUT2D eigenvalue weighted by molar-refractivity contribution is -0.129. The lowest BCUT2D eigenvalue weighted by Gasteiger charge is -2.58. The molecule has 8 nitrogen and oxygen atoms in total. The molecular weight excluding hydrogens is 428 g/mol. The van der Waals surface area contributed by atoms with Gasteiger partial charge in [0.25, 0.3) is 0 Å². The van der Waals surface area contributed by atoms with Gasteiger partial charge in [0.1, 0.15) is 5.02 Å². The minimum atomic E-state index is -0.460. The predicted octanol–water partition coefficient (Wildman–Crippen LogP) is 4.58. The third-order valence-electron chi connectivity index (χ3n) is 7.18. The zero-order chi connectivity index (χ0) is 21.9. The van der Waals surface area contributed by atoms with E-state index in [0.717, 1.165) is 30.5 Å². The van der Waals surface area contributed by atoms with Gasteiger partial charge in [0.05, 0.1) is 11.8 Å². The van der Waals surface area contributed by atoms with E-state index in [9.17, 15) is 5.11 Å². The summed E-state index contributed by atoms with van der Waals surface area (Å²) in [6.45, 7) is 1.76. The van der Waals surface area contributed by atoms with Gasteiger partial charge in [-0.1, -0.05) is 17.7 Å². The molecule has 3 N–H and O–H groups in total. The minimum Gasteiger partial charge on any atom is -0.421 e. The normalized spacial score (nSPS) is 30.5. The molecular formula is C23H25ClN6O2. The summed E-state index contributed by atoms with van der Waals surface area (Å²) in [5, 5.41) is 26.2. The van der Waals surface area contributed by atoms with Crippen molar-refractivity contribution in [1.29, 1.82) is 0 Å². The van der Waals surface area contributed by atoms with Crippen LogP contribution in [0.4, 0.5) is 17.5 Å². The molecule has 0 radical (unpaired) electrons. The molecule has 3 aromatic rings. The van der Waals surface area contributed by atoms with Crippen LogP contribution in [0.1, 0.15) is 38.0 Å². The average Bonchev–Trinajstić information content (AvgIpc) is 3.18. The molecule has 7 rings (SSSR count). The van der Waals surface area contributed by atoms with Crippen LogP contribution in [0.25, 0.3) is 11.5 Å². The standard InChI is InChI=1S/C23H25ClN6O2/c1-12-29-30-21(32-12)14-3-2-4-17(7-14)26-22-25-11-18(24)20(28-22)27-19-15-5-13-6-16(19)10-23(31,8-13)9-15/h2-4,7,11,13,15-16,19,31H,5-6,8-10H2,1H3,(H2,25,26,27,28). The zero-order valence-corrected chi connectivity index (χ0v) is 18.5. The SMILES string of the molecule is Cc1nnc(-c2cccc(Nc3ncc(Cl)c(NC4C5CC6CC4CC(O)(C6)C5)n3)c2)o1. The first-order valence-electron chi connectivity index (χ1n) is 11.1. The third-order valence-corrected chi connectivity index (χ3v) is 7.46. The van der Waals surface area contributed by atoms with Crippen molar-refractivity contribution < 1.29 is 9.52 Å². The molecule has 4 aliphatic rings. The van der Waals surface area contributed by atoms with E-state index in [0.29, 0.717) is 46.3 Å². The molecule has 2 unspecified atom stereocenters. The third kappa shape index (κ3) is 3.61. The fraction of sp³-hybridized carbons (Fsp3) is 0.478. The van der Waals surface area contributed by atoms with E-state index in [4.69, 9.17) is 16.0 Å². The fourth-order valence-corrected chi connectivity index (χ4v) is 6.32. The molecule has 9 heteroatoms. The molecule has 4 aliphatic carbocycles. The van der Waals surface area contributed by atoms with Crippen LogP contribution in [-0.2, 0) is 0 Å². The number of nitrogens with zero attached hydrogens (tertiary/aromatic N) is 4. The highest BCUT2D eigenvalue weighted by molar-refractivity contribution is 6.32. The number of nitrogens with one attached hydrogen (secondary N) is 2. The van der Waals surface area contributed by atoms with Gasteiger partial charge in [-0.2, -0.15) is 4.98 Å². The Labute approximate surface area is 190 Å². The highest BCUT2D eigenvalue weighted by atomic mass is 35.5. The lowest BCUT2D eigenvalue weighted by atomic mass is 9.52. The molecule has 2 heterocycles. The van der Waals surface area contributed by atoms with Crippen LogP contribution < -0.4 is 10.6 Å². The number of aliphatic hydroxyl groups is 1. The Morgan fingerprint density at radius 2 is 1.97 bits per heavy atom. The van der Waals surface area contributed by atoms with Crippen LogP contribution in [0, 0.1) is 24.7 Å². The molecule has 2 aromatic heterocycles. The summed E-state index contributed by atoms with van der Waals surface area (Å²) < 4.78 is 5.52. The van der Waals surface area contributed by atoms with E-state index >= 15 is 0 Å². The number of aryl methyl sites for hydroxylation is 1. The highest BCUT2D eigenvalue weighted by Crippen LogP contribution is 2.56. The van der Waals surface area contributed by atoms with E-state index in [-0.39, 0.29) is 6.04 Å². The van der Waals surface area contributed by atoms with Gasteiger partial charge in [0.15, 0.2) is 5.82 Å². The van der Waals surface area contributed by atoms with Crippen LogP contribution in [0.3, 0.4) is 0 Å². The number of hydrogen-bond donors (Lipinski definition) is 3. The largest absolute Gasteiger partial charge is 0.421 e. The van der Waals surface area contributed by atoms with Gasteiger partial charge < -0.3 is 20.2 Å². The summed E-state index contributed by atoms with van der Waals surface area (Å²) in [4.78, 5) is 9.01. The summed E-state index contributed by atoms with van der Waals surface area (Å²) in [6, 6.07) is 7.95. The average molecular weight is 453 g/mol. The Morgan fingerprint density at radius 1 is 1.16 bits per heavy atom. The molecule has 0 amide bonds. The number of rotatable bonds is 5. The van der Waals surface area contributed by atoms with Crippen molar-refractivity contribution in [2.45, 2.75) is 50.7 Å². The molecule has 1 aromatic carbocycles. The quantitative estimate of drug-likeness (QED) is 0.516. The summed E-state index contributed by atoms with van der Waals surface area (Å²) in [6.07, 6.45) is 6.67. The molecule has 166 valence electrons. The Balaban J connectivity index is 1.21. The van der Waals surface area contributed by atoms with Crippen LogP contribution in [0.5, 0.6) is 0 Å². The van der Waals surface area contributed by atoms with Crippen molar-refractivity contribution in [2.24, 2.45) is 17.8 Å². The molecule has 0 saturated heterocycles. The number of halogens is 1. The van der Waals surface area contributed by atoms with Gasteiger partial charge in [-0.3, -0.25) is 0 Å². The number of hydrogen-bond acceptors (Lipinski definition) is 8. The maximum atomic E-state index is 10.9. The van der Waals surface area contributed by atoms with Gasteiger partial charge in [-0.25, -0.2) is 4.98 Å². The van der Waals surface area contributed by atoms with Gasteiger partial charge in [0, 0.05) is 24.2 Å². The highest BCUT2D eigenvalue weighted by Gasteiger charge is 2.54. The Bertz CT molecular complexity index is 1150. The van der Waals surface area contributed by atoms with E-state index in [2.05, 4.69) is 30.8 Å². The predicted molar refractivity (Wildman–Crippen MR) is 121 cm³/mol. The summed E-state index contributed by atoms with van der Waals surface area (Å²) in [7, 11) is 0. The van der Waals surface area contributed by atoms with Crippen molar-refractivity contribution in [3.63, 3.8) is 0 Å². The van der Waals surface area contributed by atoms with E-state index in [1.807, 2.05) is 24.3 Å². The van der Waals surface area contributed by atoms with E-state index in [1.165, 1.54) is 12.8 Å². The van der Waals surface area contributed by atoms with Crippen molar-refractivity contribution in [1.82, 2.24) is 20.2 Å². The van der Waals surface area contributed by atoms with Gasteiger partial charge in [-0.15, -0.1) is 10.2 Å². The maximum absolute atomic E-state index is 10.9. The maximum Gasteiger partial charge on any atom is 0.247 e. The monoisotopic (exact) mass is 452 g/mol. The van der Waals surface area contributed by atoms with E-state index < -0.39 is 5.60 Å². The van der Waals surface area contributed by atoms with Crippen LogP contribution >= 0.6 is 11.6 Å². The van der Waals surface area contributed by atoms with Crippen molar-refractivity contribution in [3.8, 4) is 11.5 Å². The second kappa shape index (κ2) is 7.42. The zero-order valence-electron chi connectivity index (χ0n) is 17.8. The van der Waals surface area contributed by atoms with Crippen LogP contribution in [-0.4, -0.2) is 36.9 Å². The first-order valence-corrected chi connectivity index (χ1v) is 11.5. The fourth-order valence-electron chi connectivity index (χ4n) is 6.18. The lowest BCUT2D eigenvalue weighted by Crippen LogP contribution is -2.59. The Hall–Kier alpha value is -2.71. The molecule has 4 fully saturated rings.